The van der Waals surface area contributed by atoms with Gasteiger partial charge in [0.1, 0.15) is 0 Å². The van der Waals surface area contributed by atoms with Crippen LogP contribution in [0.25, 0.3) is 0 Å². The van der Waals surface area contributed by atoms with Crippen molar-refractivity contribution in [1.29, 1.82) is 0 Å². The van der Waals surface area contributed by atoms with Gasteiger partial charge in [-0.2, -0.15) is 0 Å². The molecule has 1 N–H and O–H groups in total. The summed E-state index contributed by atoms with van der Waals surface area (Å²) in [5.41, 5.74) is 1.12. The summed E-state index contributed by atoms with van der Waals surface area (Å²) in [4.78, 5) is 8.14. The Kier molecular flexibility index (Phi) is 2.76. The maximum atomic E-state index is 4.16. The first-order chi connectivity index (χ1) is 5.58. The number of rotatable bonds is 2. The van der Waals surface area contributed by atoms with Crippen LogP contribution in [0.3, 0.4) is 0 Å². The zero-order valence-electron chi connectivity index (χ0n) is 7.83. The lowest BCUT2D eigenvalue weighted by atomic mass is 10.1. The molecule has 0 saturated carbocycles. The van der Waals surface area contributed by atoms with Crippen molar-refractivity contribution in [3.8, 4) is 0 Å². The summed E-state index contributed by atoms with van der Waals surface area (Å²) in [6, 6.07) is 0. The van der Waals surface area contributed by atoms with Gasteiger partial charge < -0.3 is 5.32 Å². The van der Waals surface area contributed by atoms with Crippen LogP contribution in [0.1, 0.15) is 26.5 Å². The highest BCUT2D eigenvalue weighted by Crippen LogP contribution is 2.00. The normalized spacial score (nSPS) is 11.6. The van der Waals surface area contributed by atoms with Crippen molar-refractivity contribution in [2.24, 2.45) is 0 Å². The van der Waals surface area contributed by atoms with Crippen molar-refractivity contribution in [3.05, 3.63) is 24.3 Å². The summed E-state index contributed by atoms with van der Waals surface area (Å²) in [5.74, 6) is 0. The molecule has 0 saturated heterocycles. The molecule has 1 aromatic rings. The molecule has 0 radical (unpaired) electrons. The predicted octanol–water partition coefficient (Wildman–Crippen LogP) is 1.36. The molecule has 66 valence electrons. The van der Waals surface area contributed by atoms with Gasteiger partial charge in [0.15, 0.2) is 0 Å². The molecule has 0 aliphatic heterocycles. The molecule has 0 unspecified atom stereocenters. The molecule has 0 aliphatic carbocycles. The van der Waals surface area contributed by atoms with Gasteiger partial charge in [-0.05, 0) is 20.8 Å². The van der Waals surface area contributed by atoms with Crippen LogP contribution in [0.2, 0.25) is 0 Å². The van der Waals surface area contributed by atoms with Gasteiger partial charge in [0.25, 0.3) is 0 Å². The molecule has 1 aromatic heterocycles. The van der Waals surface area contributed by atoms with E-state index in [1.807, 2.05) is 0 Å². The minimum Gasteiger partial charge on any atom is -0.306 e. The molecule has 0 aliphatic rings. The SMILES string of the molecule is CC(C)(C)NCc1cnccn1. The fourth-order valence-corrected chi connectivity index (χ4v) is 0.777. The van der Waals surface area contributed by atoms with Crippen LogP contribution >= 0.6 is 0 Å². The van der Waals surface area contributed by atoms with E-state index in [1.165, 1.54) is 0 Å². The van der Waals surface area contributed by atoms with Gasteiger partial charge in [-0.3, -0.25) is 9.97 Å². The van der Waals surface area contributed by atoms with Crippen molar-refractivity contribution in [3.63, 3.8) is 0 Å². The van der Waals surface area contributed by atoms with Crippen molar-refractivity contribution in [1.82, 2.24) is 15.3 Å². The van der Waals surface area contributed by atoms with Crippen LogP contribution in [0, 0.1) is 0 Å². The van der Waals surface area contributed by atoms with Gasteiger partial charge in [-0.25, -0.2) is 0 Å². The summed E-state index contributed by atoms with van der Waals surface area (Å²) >= 11 is 0. The average molecular weight is 165 g/mol. The van der Waals surface area contributed by atoms with Crippen LogP contribution < -0.4 is 5.32 Å². The molecule has 3 nitrogen and oxygen atoms in total. The Morgan fingerprint density at radius 1 is 1.33 bits per heavy atom. The first-order valence-corrected chi connectivity index (χ1v) is 4.08. The minimum atomic E-state index is 0.136. The monoisotopic (exact) mass is 165 g/mol. The molecule has 0 spiro atoms. The Bertz CT molecular complexity index is 225. The van der Waals surface area contributed by atoms with Crippen LogP contribution in [-0.4, -0.2) is 15.5 Å². The molecule has 3 heteroatoms. The third-order valence-corrected chi connectivity index (χ3v) is 1.42. The fourth-order valence-electron chi connectivity index (χ4n) is 0.777. The molecule has 0 amide bonds. The van der Waals surface area contributed by atoms with E-state index in [2.05, 4.69) is 36.1 Å². The van der Waals surface area contributed by atoms with Crippen molar-refractivity contribution in [2.75, 3.05) is 0 Å². The third-order valence-electron chi connectivity index (χ3n) is 1.42. The van der Waals surface area contributed by atoms with E-state index < -0.39 is 0 Å². The smallest absolute Gasteiger partial charge is 0.0724 e. The number of hydrogen-bond acceptors (Lipinski definition) is 3. The lowest BCUT2D eigenvalue weighted by Crippen LogP contribution is -2.35. The zero-order chi connectivity index (χ0) is 9.03. The van der Waals surface area contributed by atoms with Gasteiger partial charge >= 0.3 is 0 Å². The summed E-state index contributed by atoms with van der Waals surface area (Å²) in [6.07, 6.45) is 5.17. The van der Waals surface area contributed by atoms with Gasteiger partial charge in [0.2, 0.25) is 0 Å². The Hall–Kier alpha value is -0.960. The molecule has 0 fully saturated rings. The quantitative estimate of drug-likeness (QED) is 0.719. The second-order valence-corrected chi connectivity index (χ2v) is 3.80. The van der Waals surface area contributed by atoms with E-state index >= 15 is 0 Å². The first-order valence-electron chi connectivity index (χ1n) is 4.08. The maximum absolute atomic E-state index is 4.16. The van der Waals surface area contributed by atoms with Crippen LogP contribution in [0.5, 0.6) is 0 Å². The largest absolute Gasteiger partial charge is 0.306 e. The molecule has 0 aromatic carbocycles. The maximum Gasteiger partial charge on any atom is 0.0724 e. The third kappa shape index (κ3) is 3.44. The Balaban J connectivity index is 2.44. The number of nitrogens with one attached hydrogen (secondary N) is 1. The molecule has 0 bridgehead atoms. The number of aromatic nitrogens is 2. The topological polar surface area (TPSA) is 37.8 Å². The molecule has 1 heterocycles. The highest BCUT2D eigenvalue weighted by Gasteiger charge is 2.08. The molecule has 0 atom stereocenters. The Morgan fingerprint density at radius 2 is 2.08 bits per heavy atom. The molecule has 1 rings (SSSR count). The summed E-state index contributed by atoms with van der Waals surface area (Å²) in [6.45, 7) is 7.16. The van der Waals surface area contributed by atoms with Crippen molar-refractivity contribution in [2.45, 2.75) is 32.9 Å². The second-order valence-electron chi connectivity index (χ2n) is 3.80. The van der Waals surface area contributed by atoms with Crippen molar-refractivity contribution < 1.29 is 0 Å². The lowest BCUT2D eigenvalue weighted by molar-refractivity contribution is 0.421. The van der Waals surface area contributed by atoms with E-state index in [4.69, 9.17) is 0 Å². The standard InChI is InChI=1S/C9H15N3/c1-9(2,3)12-7-8-6-10-4-5-11-8/h4-6,12H,7H2,1-3H3. The number of hydrogen-bond donors (Lipinski definition) is 1. The first kappa shape index (κ1) is 9.13. The molecule has 12 heavy (non-hydrogen) atoms. The van der Waals surface area contributed by atoms with E-state index in [-0.39, 0.29) is 5.54 Å². The van der Waals surface area contributed by atoms with Gasteiger partial charge in [-0.1, -0.05) is 0 Å². The summed E-state index contributed by atoms with van der Waals surface area (Å²) in [7, 11) is 0. The van der Waals surface area contributed by atoms with E-state index in [0.29, 0.717) is 0 Å². The van der Waals surface area contributed by atoms with E-state index in [9.17, 15) is 0 Å². The predicted molar refractivity (Wildman–Crippen MR) is 48.6 cm³/mol. The van der Waals surface area contributed by atoms with Crippen LogP contribution in [0.15, 0.2) is 18.6 Å². The number of nitrogens with zero attached hydrogens (tertiary/aromatic N) is 2. The van der Waals surface area contributed by atoms with Crippen molar-refractivity contribution >= 4 is 0 Å². The molecular formula is C9H15N3. The highest BCUT2D eigenvalue weighted by atomic mass is 15.0. The summed E-state index contributed by atoms with van der Waals surface area (Å²) < 4.78 is 0. The fraction of sp³-hybridized carbons (Fsp3) is 0.556. The van der Waals surface area contributed by atoms with Gasteiger partial charge in [0.05, 0.1) is 5.69 Å². The zero-order valence-corrected chi connectivity index (χ0v) is 7.83. The second kappa shape index (κ2) is 3.63. The Labute approximate surface area is 73.2 Å². The average Bonchev–Trinajstić information content (AvgIpc) is 2.02. The van der Waals surface area contributed by atoms with E-state index in [1.54, 1.807) is 18.6 Å². The van der Waals surface area contributed by atoms with Gasteiger partial charge in [-0.15, -0.1) is 0 Å². The van der Waals surface area contributed by atoms with Crippen LogP contribution in [-0.2, 0) is 6.54 Å². The molecular weight excluding hydrogens is 150 g/mol. The van der Waals surface area contributed by atoms with E-state index in [0.717, 1.165) is 12.2 Å². The highest BCUT2D eigenvalue weighted by molar-refractivity contribution is 4.94. The lowest BCUT2D eigenvalue weighted by Gasteiger charge is -2.19. The minimum absolute atomic E-state index is 0.136. The summed E-state index contributed by atoms with van der Waals surface area (Å²) in [5, 5.41) is 3.34. The van der Waals surface area contributed by atoms with Gasteiger partial charge in [0, 0.05) is 30.7 Å². The van der Waals surface area contributed by atoms with Crippen LogP contribution in [0.4, 0.5) is 0 Å². The Morgan fingerprint density at radius 3 is 2.58 bits per heavy atom.